The van der Waals surface area contributed by atoms with Crippen LogP contribution >= 0.6 is 0 Å². The summed E-state index contributed by atoms with van der Waals surface area (Å²) in [5.41, 5.74) is 6.84. The number of carbonyl (C=O) groups excluding carboxylic acids is 1. The SMILES string of the molecule is CC(C)C(c1ccc(-c2ccc3cccc(F)c3c2)[nH]c1=O)N(C)C(N)=O. The average molecular weight is 367 g/mol. The Morgan fingerprint density at radius 2 is 1.89 bits per heavy atom. The van der Waals surface area contributed by atoms with Crippen LogP contribution < -0.4 is 11.3 Å². The minimum absolute atomic E-state index is 0.00390. The summed E-state index contributed by atoms with van der Waals surface area (Å²) in [4.78, 5) is 28.5. The van der Waals surface area contributed by atoms with Crippen LogP contribution in [0.15, 0.2) is 53.3 Å². The fraction of sp³-hybridized carbons (Fsp3) is 0.238. The maximum atomic E-state index is 14.1. The van der Waals surface area contributed by atoms with Gasteiger partial charge in [0.1, 0.15) is 5.82 Å². The molecule has 0 aliphatic rings. The lowest BCUT2D eigenvalue weighted by molar-refractivity contribution is 0.182. The zero-order valence-corrected chi connectivity index (χ0v) is 15.5. The molecule has 2 amide bonds. The molecule has 0 saturated carbocycles. The molecule has 1 heterocycles. The molecule has 0 saturated heterocycles. The van der Waals surface area contributed by atoms with Crippen molar-refractivity contribution >= 4 is 16.8 Å². The number of benzene rings is 2. The molecule has 0 aliphatic carbocycles. The number of primary amides is 1. The molecule has 0 bridgehead atoms. The van der Waals surface area contributed by atoms with E-state index in [2.05, 4.69) is 4.98 Å². The van der Waals surface area contributed by atoms with Crippen LogP contribution in [0.25, 0.3) is 22.0 Å². The van der Waals surface area contributed by atoms with Gasteiger partial charge in [0.2, 0.25) is 0 Å². The lowest BCUT2D eigenvalue weighted by Crippen LogP contribution is -2.40. The summed E-state index contributed by atoms with van der Waals surface area (Å²) in [6.07, 6.45) is 0. The highest BCUT2D eigenvalue weighted by atomic mass is 19.1. The molecule has 1 aromatic heterocycles. The summed E-state index contributed by atoms with van der Waals surface area (Å²) < 4.78 is 14.1. The first-order valence-corrected chi connectivity index (χ1v) is 8.73. The molecule has 2 aromatic carbocycles. The van der Waals surface area contributed by atoms with Gasteiger partial charge in [-0.05, 0) is 41.1 Å². The number of nitrogens with zero attached hydrogens (tertiary/aromatic N) is 1. The van der Waals surface area contributed by atoms with Gasteiger partial charge in [0, 0.05) is 23.7 Å². The van der Waals surface area contributed by atoms with Crippen LogP contribution in [0.1, 0.15) is 25.5 Å². The van der Waals surface area contributed by atoms with Crippen LogP contribution in [0.5, 0.6) is 0 Å². The van der Waals surface area contributed by atoms with E-state index in [1.165, 1.54) is 11.0 Å². The van der Waals surface area contributed by atoms with Crippen molar-refractivity contribution in [1.29, 1.82) is 0 Å². The second-order valence-electron chi connectivity index (χ2n) is 6.97. The average Bonchev–Trinajstić information content (AvgIpc) is 2.63. The van der Waals surface area contributed by atoms with Crippen molar-refractivity contribution in [3.63, 3.8) is 0 Å². The number of nitrogens with two attached hydrogens (primary N) is 1. The van der Waals surface area contributed by atoms with Crippen molar-refractivity contribution in [2.75, 3.05) is 7.05 Å². The minimum Gasteiger partial charge on any atom is -0.351 e. The molecule has 3 N–H and O–H groups in total. The van der Waals surface area contributed by atoms with Gasteiger partial charge in [-0.15, -0.1) is 0 Å². The molecule has 1 unspecified atom stereocenters. The Balaban J connectivity index is 2.05. The second-order valence-corrected chi connectivity index (χ2v) is 6.97. The largest absolute Gasteiger partial charge is 0.351 e. The van der Waals surface area contributed by atoms with Gasteiger partial charge in [-0.3, -0.25) is 4.79 Å². The van der Waals surface area contributed by atoms with Gasteiger partial charge in [0.05, 0.1) is 6.04 Å². The molecule has 5 nitrogen and oxygen atoms in total. The molecular weight excluding hydrogens is 345 g/mol. The number of nitrogens with one attached hydrogen (secondary N) is 1. The summed E-state index contributed by atoms with van der Waals surface area (Å²) in [5, 5.41) is 1.29. The van der Waals surface area contributed by atoms with Crippen molar-refractivity contribution in [3.05, 3.63) is 70.3 Å². The molecule has 0 fully saturated rings. The molecule has 0 aliphatic heterocycles. The van der Waals surface area contributed by atoms with Gasteiger partial charge in [0.15, 0.2) is 0 Å². The van der Waals surface area contributed by atoms with E-state index in [0.717, 1.165) is 5.39 Å². The van der Waals surface area contributed by atoms with E-state index in [4.69, 9.17) is 5.73 Å². The number of amides is 2. The summed E-state index contributed by atoms with van der Waals surface area (Å²) in [7, 11) is 1.58. The van der Waals surface area contributed by atoms with E-state index in [1.807, 2.05) is 32.0 Å². The molecule has 1 atom stereocenters. The molecule has 6 heteroatoms. The van der Waals surface area contributed by atoms with E-state index in [1.54, 1.807) is 31.3 Å². The van der Waals surface area contributed by atoms with Crippen LogP contribution in [-0.2, 0) is 0 Å². The number of hydrogen-bond acceptors (Lipinski definition) is 2. The Kier molecular flexibility index (Phi) is 4.99. The van der Waals surface area contributed by atoms with Crippen molar-refractivity contribution in [2.45, 2.75) is 19.9 Å². The molecule has 3 rings (SSSR count). The van der Waals surface area contributed by atoms with Crippen LogP contribution in [0.2, 0.25) is 0 Å². The van der Waals surface area contributed by atoms with Crippen molar-refractivity contribution in [1.82, 2.24) is 9.88 Å². The zero-order valence-electron chi connectivity index (χ0n) is 15.5. The van der Waals surface area contributed by atoms with Crippen LogP contribution in [0, 0.1) is 11.7 Å². The Hall–Kier alpha value is -3.15. The predicted molar refractivity (Wildman–Crippen MR) is 105 cm³/mol. The number of pyridine rings is 1. The minimum atomic E-state index is -0.595. The van der Waals surface area contributed by atoms with Gasteiger partial charge >= 0.3 is 6.03 Å². The molecule has 0 spiro atoms. The van der Waals surface area contributed by atoms with E-state index >= 15 is 0 Å². The number of hydrogen-bond donors (Lipinski definition) is 2. The third-order valence-corrected chi connectivity index (χ3v) is 4.79. The monoisotopic (exact) mass is 367 g/mol. The number of rotatable bonds is 4. The number of urea groups is 1. The highest BCUT2D eigenvalue weighted by Gasteiger charge is 2.25. The van der Waals surface area contributed by atoms with Crippen LogP contribution in [-0.4, -0.2) is 23.0 Å². The highest BCUT2D eigenvalue weighted by molar-refractivity contribution is 5.87. The highest BCUT2D eigenvalue weighted by Crippen LogP contribution is 2.28. The standard InChI is InChI=1S/C21H22FN3O2/c1-12(2)19(25(3)21(23)27)15-9-10-18(24-20(15)26)14-8-7-13-5-4-6-17(22)16(13)11-14/h4-12,19H,1-3H3,(H2,23,27)(H,24,26). The smallest absolute Gasteiger partial charge is 0.315 e. The predicted octanol–water partition coefficient (Wildman–Crippen LogP) is 4.04. The third kappa shape index (κ3) is 3.56. The van der Waals surface area contributed by atoms with Gasteiger partial charge < -0.3 is 15.6 Å². The number of carbonyl (C=O) groups is 1. The normalized spacial score (nSPS) is 12.3. The summed E-state index contributed by atoms with van der Waals surface area (Å²) in [5.74, 6) is -0.305. The van der Waals surface area contributed by atoms with Crippen molar-refractivity contribution in [2.24, 2.45) is 11.7 Å². The molecule has 140 valence electrons. The lowest BCUT2D eigenvalue weighted by atomic mass is 9.95. The number of halogens is 1. The Labute approximate surface area is 156 Å². The Morgan fingerprint density at radius 3 is 2.52 bits per heavy atom. The van der Waals surface area contributed by atoms with Gasteiger partial charge in [0.25, 0.3) is 5.56 Å². The molecule has 3 aromatic rings. The lowest BCUT2D eigenvalue weighted by Gasteiger charge is -2.29. The number of H-pyrrole nitrogens is 1. The quantitative estimate of drug-likeness (QED) is 0.730. The van der Waals surface area contributed by atoms with Crippen molar-refractivity contribution in [3.8, 4) is 11.3 Å². The number of aromatic nitrogens is 1. The zero-order chi connectivity index (χ0) is 19.7. The fourth-order valence-electron chi connectivity index (χ4n) is 3.44. The fourth-order valence-corrected chi connectivity index (χ4v) is 3.44. The van der Waals surface area contributed by atoms with E-state index in [-0.39, 0.29) is 17.3 Å². The molecule has 0 radical (unpaired) electrons. The summed E-state index contributed by atoms with van der Waals surface area (Å²) >= 11 is 0. The first-order chi connectivity index (χ1) is 12.8. The third-order valence-electron chi connectivity index (χ3n) is 4.79. The Morgan fingerprint density at radius 1 is 1.15 bits per heavy atom. The van der Waals surface area contributed by atoms with E-state index < -0.39 is 12.1 Å². The molecule has 27 heavy (non-hydrogen) atoms. The maximum absolute atomic E-state index is 14.1. The van der Waals surface area contributed by atoms with Gasteiger partial charge in [-0.1, -0.05) is 38.1 Å². The maximum Gasteiger partial charge on any atom is 0.315 e. The van der Waals surface area contributed by atoms with Crippen LogP contribution in [0.4, 0.5) is 9.18 Å². The van der Waals surface area contributed by atoms with Gasteiger partial charge in [-0.25, -0.2) is 9.18 Å². The number of aromatic amines is 1. The van der Waals surface area contributed by atoms with E-state index in [0.29, 0.717) is 22.2 Å². The first kappa shape index (κ1) is 18.6. The summed E-state index contributed by atoms with van der Waals surface area (Å²) in [6, 6.07) is 12.7. The molecular formula is C21H22FN3O2. The van der Waals surface area contributed by atoms with Crippen molar-refractivity contribution < 1.29 is 9.18 Å². The second kappa shape index (κ2) is 7.23. The number of fused-ring (bicyclic) bond motifs is 1. The van der Waals surface area contributed by atoms with Crippen LogP contribution in [0.3, 0.4) is 0 Å². The Bertz CT molecular complexity index is 1060. The topological polar surface area (TPSA) is 79.2 Å². The summed E-state index contributed by atoms with van der Waals surface area (Å²) in [6.45, 7) is 3.84. The van der Waals surface area contributed by atoms with E-state index in [9.17, 15) is 14.0 Å². The van der Waals surface area contributed by atoms with Gasteiger partial charge in [-0.2, -0.15) is 0 Å². The first-order valence-electron chi connectivity index (χ1n) is 8.73.